The minimum absolute atomic E-state index is 0.0705. The lowest BCUT2D eigenvalue weighted by molar-refractivity contribution is -0.146. The SMILES string of the molecule is COC(=O)[C@H]1CC[C@H](CCC=O)CC1. The quantitative estimate of drug-likeness (QED) is 0.512. The lowest BCUT2D eigenvalue weighted by atomic mass is 9.80. The van der Waals surface area contributed by atoms with Gasteiger partial charge in [0.1, 0.15) is 6.29 Å². The summed E-state index contributed by atoms with van der Waals surface area (Å²) in [6, 6.07) is 0. The van der Waals surface area contributed by atoms with Gasteiger partial charge in [-0.2, -0.15) is 0 Å². The summed E-state index contributed by atoms with van der Waals surface area (Å²) in [6.07, 6.45) is 6.60. The largest absolute Gasteiger partial charge is 0.469 e. The second-order valence-electron chi connectivity index (χ2n) is 3.98. The van der Waals surface area contributed by atoms with Crippen LogP contribution in [0.25, 0.3) is 0 Å². The van der Waals surface area contributed by atoms with Crippen LogP contribution in [-0.2, 0) is 14.3 Å². The van der Waals surface area contributed by atoms with Gasteiger partial charge in [0.05, 0.1) is 13.0 Å². The molecule has 1 fully saturated rings. The van der Waals surface area contributed by atoms with Crippen molar-refractivity contribution < 1.29 is 14.3 Å². The van der Waals surface area contributed by atoms with E-state index < -0.39 is 0 Å². The smallest absolute Gasteiger partial charge is 0.308 e. The highest BCUT2D eigenvalue weighted by Crippen LogP contribution is 2.31. The van der Waals surface area contributed by atoms with E-state index in [0.717, 1.165) is 38.4 Å². The maximum Gasteiger partial charge on any atom is 0.308 e. The van der Waals surface area contributed by atoms with E-state index >= 15 is 0 Å². The third-order valence-electron chi connectivity index (χ3n) is 3.07. The van der Waals surface area contributed by atoms with E-state index in [-0.39, 0.29) is 11.9 Å². The molecule has 80 valence electrons. The van der Waals surface area contributed by atoms with E-state index in [4.69, 9.17) is 4.74 Å². The first-order valence-corrected chi connectivity index (χ1v) is 5.29. The van der Waals surface area contributed by atoms with Crippen molar-refractivity contribution in [1.29, 1.82) is 0 Å². The van der Waals surface area contributed by atoms with Crippen LogP contribution in [-0.4, -0.2) is 19.4 Å². The molecule has 0 aliphatic heterocycles. The lowest BCUT2D eigenvalue weighted by Crippen LogP contribution is -2.22. The fourth-order valence-corrected chi connectivity index (χ4v) is 2.16. The van der Waals surface area contributed by atoms with Crippen LogP contribution in [0.3, 0.4) is 0 Å². The molecule has 0 bridgehead atoms. The van der Waals surface area contributed by atoms with Gasteiger partial charge in [0.15, 0.2) is 0 Å². The molecule has 14 heavy (non-hydrogen) atoms. The standard InChI is InChI=1S/C11H18O3/c1-14-11(13)10-6-4-9(5-7-10)3-2-8-12/h8-10H,2-7H2,1H3/t9-,10-. The van der Waals surface area contributed by atoms with Gasteiger partial charge >= 0.3 is 5.97 Å². The zero-order chi connectivity index (χ0) is 10.4. The summed E-state index contributed by atoms with van der Waals surface area (Å²) in [7, 11) is 1.45. The minimum Gasteiger partial charge on any atom is -0.469 e. The van der Waals surface area contributed by atoms with Crippen molar-refractivity contribution in [1.82, 2.24) is 0 Å². The van der Waals surface area contributed by atoms with Crippen molar-refractivity contribution in [2.24, 2.45) is 11.8 Å². The Hall–Kier alpha value is -0.860. The second kappa shape index (κ2) is 5.78. The Morgan fingerprint density at radius 2 is 2.00 bits per heavy atom. The van der Waals surface area contributed by atoms with E-state index in [2.05, 4.69) is 0 Å². The fraction of sp³-hybridized carbons (Fsp3) is 0.818. The maximum absolute atomic E-state index is 11.2. The lowest BCUT2D eigenvalue weighted by Gasteiger charge is -2.26. The molecule has 0 aromatic rings. The molecule has 1 saturated carbocycles. The van der Waals surface area contributed by atoms with E-state index in [0.29, 0.717) is 12.3 Å². The van der Waals surface area contributed by atoms with Crippen LogP contribution in [0.4, 0.5) is 0 Å². The number of ether oxygens (including phenoxy) is 1. The predicted molar refractivity (Wildman–Crippen MR) is 52.8 cm³/mol. The number of methoxy groups -OCH3 is 1. The number of aldehydes is 1. The van der Waals surface area contributed by atoms with Crippen LogP contribution < -0.4 is 0 Å². The average Bonchev–Trinajstić information content (AvgIpc) is 2.26. The van der Waals surface area contributed by atoms with Gasteiger partial charge in [-0.15, -0.1) is 0 Å². The third kappa shape index (κ3) is 3.13. The van der Waals surface area contributed by atoms with Gasteiger partial charge in [-0.05, 0) is 38.0 Å². The number of rotatable bonds is 4. The van der Waals surface area contributed by atoms with Crippen LogP contribution >= 0.6 is 0 Å². The molecule has 1 rings (SSSR count). The Balaban J connectivity index is 2.24. The average molecular weight is 198 g/mol. The molecule has 3 heteroatoms. The highest BCUT2D eigenvalue weighted by molar-refractivity contribution is 5.72. The van der Waals surface area contributed by atoms with Gasteiger partial charge in [-0.25, -0.2) is 0 Å². The van der Waals surface area contributed by atoms with E-state index in [1.807, 2.05) is 0 Å². The van der Waals surface area contributed by atoms with Crippen molar-refractivity contribution in [2.75, 3.05) is 7.11 Å². The van der Waals surface area contributed by atoms with Gasteiger partial charge in [0.25, 0.3) is 0 Å². The predicted octanol–water partition coefficient (Wildman–Crippen LogP) is 1.94. The second-order valence-corrected chi connectivity index (χ2v) is 3.98. The van der Waals surface area contributed by atoms with E-state index in [9.17, 15) is 9.59 Å². The van der Waals surface area contributed by atoms with Gasteiger partial charge < -0.3 is 9.53 Å². The summed E-state index contributed by atoms with van der Waals surface area (Å²) in [5, 5.41) is 0. The normalized spacial score (nSPS) is 26.9. The summed E-state index contributed by atoms with van der Waals surface area (Å²) in [6.45, 7) is 0. The number of carbonyl (C=O) groups is 2. The van der Waals surface area contributed by atoms with Crippen molar-refractivity contribution in [3.63, 3.8) is 0 Å². The molecule has 0 unspecified atom stereocenters. The van der Waals surface area contributed by atoms with Crippen LogP contribution in [0.2, 0.25) is 0 Å². The minimum atomic E-state index is -0.0705. The molecular formula is C11H18O3. The molecule has 0 radical (unpaired) electrons. The van der Waals surface area contributed by atoms with E-state index in [1.54, 1.807) is 0 Å². The molecule has 0 spiro atoms. The summed E-state index contributed by atoms with van der Waals surface area (Å²) < 4.78 is 4.71. The molecule has 0 N–H and O–H groups in total. The van der Waals surface area contributed by atoms with Gasteiger partial charge in [-0.1, -0.05) is 0 Å². The van der Waals surface area contributed by atoms with Crippen molar-refractivity contribution in [2.45, 2.75) is 38.5 Å². The van der Waals surface area contributed by atoms with E-state index in [1.165, 1.54) is 7.11 Å². The highest BCUT2D eigenvalue weighted by Gasteiger charge is 2.26. The molecule has 0 saturated heterocycles. The molecule has 1 aliphatic carbocycles. The van der Waals surface area contributed by atoms with Gasteiger partial charge in [0, 0.05) is 6.42 Å². The molecule has 0 aromatic heterocycles. The Morgan fingerprint density at radius 1 is 1.36 bits per heavy atom. The molecule has 3 nitrogen and oxygen atoms in total. The monoisotopic (exact) mass is 198 g/mol. The molecular weight excluding hydrogens is 180 g/mol. The van der Waals surface area contributed by atoms with Crippen LogP contribution in [0.5, 0.6) is 0 Å². The Labute approximate surface area is 84.8 Å². The van der Waals surface area contributed by atoms with Gasteiger partial charge in [0.2, 0.25) is 0 Å². The van der Waals surface area contributed by atoms with Crippen LogP contribution in [0.15, 0.2) is 0 Å². The highest BCUT2D eigenvalue weighted by atomic mass is 16.5. The summed E-state index contributed by atoms with van der Waals surface area (Å²) >= 11 is 0. The summed E-state index contributed by atoms with van der Waals surface area (Å²) in [5.41, 5.74) is 0. The number of esters is 1. The first-order valence-electron chi connectivity index (χ1n) is 5.29. The van der Waals surface area contributed by atoms with Crippen LogP contribution in [0, 0.1) is 11.8 Å². The topological polar surface area (TPSA) is 43.4 Å². The fourth-order valence-electron chi connectivity index (χ4n) is 2.16. The zero-order valence-corrected chi connectivity index (χ0v) is 8.70. The number of hydrogen-bond acceptors (Lipinski definition) is 3. The van der Waals surface area contributed by atoms with Crippen molar-refractivity contribution >= 4 is 12.3 Å². The molecule has 0 heterocycles. The molecule has 0 aromatic carbocycles. The Kier molecular flexibility index (Phi) is 4.63. The molecule has 0 amide bonds. The maximum atomic E-state index is 11.2. The van der Waals surface area contributed by atoms with Gasteiger partial charge in [-0.3, -0.25) is 4.79 Å². The molecule has 1 aliphatic rings. The molecule has 0 atom stereocenters. The van der Waals surface area contributed by atoms with Crippen LogP contribution in [0.1, 0.15) is 38.5 Å². The first kappa shape index (κ1) is 11.2. The summed E-state index contributed by atoms with van der Waals surface area (Å²) in [4.78, 5) is 21.4. The Bertz CT molecular complexity index is 193. The number of carbonyl (C=O) groups excluding carboxylic acids is 2. The first-order chi connectivity index (χ1) is 6.77. The third-order valence-corrected chi connectivity index (χ3v) is 3.07. The summed E-state index contributed by atoms with van der Waals surface area (Å²) in [5.74, 6) is 0.674. The zero-order valence-electron chi connectivity index (χ0n) is 8.70. The Morgan fingerprint density at radius 3 is 2.50 bits per heavy atom. The van der Waals surface area contributed by atoms with Crippen molar-refractivity contribution in [3.8, 4) is 0 Å². The van der Waals surface area contributed by atoms with Crippen molar-refractivity contribution in [3.05, 3.63) is 0 Å². The number of hydrogen-bond donors (Lipinski definition) is 0.